The molecule has 2 heteroatoms. The Hall–Kier alpha value is -1.12. The number of benzene rings is 1. The molecule has 0 saturated carbocycles. The predicted molar refractivity (Wildman–Crippen MR) is 83.6 cm³/mol. The van der Waals surface area contributed by atoms with E-state index in [0.29, 0.717) is 0 Å². The number of rotatable bonds is 10. The van der Waals surface area contributed by atoms with Crippen molar-refractivity contribution >= 4 is 6.08 Å². The number of aryl methyl sites for hydroxylation is 1. The third kappa shape index (κ3) is 4.46. The molecule has 1 aromatic rings. The summed E-state index contributed by atoms with van der Waals surface area (Å²) in [6, 6.07) is 8.46. The van der Waals surface area contributed by atoms with Crippen molar-refractivity contribution < 1.29 is 9.47 Å². The van der Waals surface area contributed by atoms with Crippen LogP contribution in [-0.2, 0) is 15.9 Å². The van der Waals surface area contributed by atoms with Gasteiger partial charge >= 0.3 is 0 Å². The topological polar surface area (TPSA) is 21.8 Å². The zero-order valence-electron chi connectivity index (χ0n) is 12.6. The van der Waals surface area contributed by atoms with Crippen molar-refractivity contribution in [3.63, 3.8) is 0 Å². The molecule has 0 aromatic heterocycles. The number of hydrogen-bond donors (Lipinski definition) is 0. The van der Waals surface area contributed by atoms with E-state index in [-0.39, 0.29) is 5.79 Å². The van der Waals surface area contributed by atoms with Crippen LogP contribution in [0, 0.1) is 0 Å². The lowest BCUT2D eigenvalue weighted by atomic mass is 10.0. The summed E-state index contributed by atoms with van der Waals surface area (Å²) in [6.07, 6.45) is 8.69. The van der Waals surface area contributed by atoms with Gasteiger partial charge in [0, 0.05) is 6.42 Å². The SMILES string of the molecule is C=Cc1ccccc1CCCCOC1(CCCC)CO1. The summed E-state index contributed by atoms with van der Waals surface area (Å²) >= 11 is 0. The Kier molecular flexibility index (Phi) is 5.81. The highest BCUT2D eigenvalue weighted by Gasteiger charge is 2.45. The molecule has 20 heavy (non-hydrogen) atoms. The van der Waals surface area contributed by atoms with E-state index in [1.807, 2.05) is 6.08 Å². The molecular weight excluding hydrogens is 248 g/mol. The molecule has 0 N–H and O–H groups in total. The van der Waals surface area contributed by atoms with Crippen LogP contribution in [0.3, 0.4) is 0 Å². The van der Waals surface area contributed by atoms with E-state index in [9.17, 15) is 0 Å². The van der Waals surface area contributed by atoms with Gasteiger partial charge in [0.1, 0.15) is 6.61 Å². The van der Waals surface area contributed by atoms with E-state index in [1.165, 1.54) is 24.0 Å². The van der Waals surface area contributed by atoms with Crippen LogP contribution in [0.1, 0.15) is 50.2 Å². The van der Waals surface area contributed by atoms with Crippen LogP contribution in [0.15, 0.2) is 30.8 Å². The van der Waals surface area contributed by atoms with Gasteiger partial charge in [-0.3, -0.25) is 0 Å². The maximum Gasteiger partial charge on any atom is 0.192 e. The first-order chi connectivity index (χ1) is 9.79. The molecule has 0 aliphatic carbocycles. The lowest BCUT2D eigenvalue weighted by molar-refractivity contribution is -0.0510. The minimum absolute atomic E-state index is 0.213. The summed E-state index contributed by atoms with van der Waals surface area (Å²) in [5.74, 6) is -0.213. The number of ether oxygens (including phenoxy) is 2. The zero-order valence-corrected chi connectivity index (χ0v) is 12.6. The van der Waals surface area contributed by atoms with Crippen molar-refractivity contribution in [2.75, 3.05) is 13.2 Å². The fourth-order valence-corrected chi connectivity index (χ4v) is 2.46. The van der Waals surface area contributed by atoms with Gasteiger partial charge in [-0.15, -0.1) is 0 Å². The second kappa shape index (κ2) is 7.61. The quantitative estimate of drug-likeness (QED) is 0.460. The molecule has 0 amide bonds. The van der Waals surface area contributed by atoms with Gasteiger partial charge in [-0.2, -0.15) is 0 Å². The summed E-state index contributed by atoms with van der Waals surface area (Å²) in [6.45, 7) is 7.65. The smallest absolute Gasteiger partial charge is 0.192 e. The third-order valence-corrected chi connectivity index (χ3v) is 3.86. The standard InChI is InChI=1S/C18H26O2/c1-3-5-13-18(15-20-18)19-14-9-8-12-17-11-7-6-10-16(17)4-2/h4,6-7,10-11H,2-3,5,8-9,12-15H2,1H3. The highest BCUT2D eigenvalue weighted by molar-refractivity contribution is 5.51. The molecule has 1 aromatic carbocycles. The molecule has 0 radical (unpaired) electrons. The predicted octanol–water partition coefficient (Wildman–Crippen LogP) is 4.59. The molecule has 1 fully saturated rings. The van der Waals surface area contributed by atoms with E-state index in [2.05, 4.69) is 37.8 Å². The Labute approximate surface area is 122 Å². The third-order valence-electron chi connectivity index (χ3n) is 3.86. The Morgan fingerprint density at radius 2 is 2.10 bits per heavy atom. The molecule has 1 aliphatic heterocycles. The van der Waals surface area contributed by atoms with Gasteiger partial charge in [-0.05, 0) is 36.8 Å². The van der Waals surface area contributed by atoms with Crippen LogP contribution in [0.25, 0.3) is 6.08 Å². The van der Waals surface area contributed by atoms with Gasteiger partial charge in [-0.1, -0.05) is 50.3 Å². The summed E-state index contributed by atoms with van der Waals surface area (Å²) in [5, 5.41) is 0. The number of unbranched alkanes of at least 4 members (excludes halogenated alkanes) is 2. The monoisotopic (exact) mass is 274 g/mol. The second-order valence-electron chi connectivity index (χ2n) is 5.51. The lowest BCUT2D eigenvalue weighted by Crippen LogP contribution is -2.17. The average Bonchev–Trinajstić information content (AvgIpc) is 3.25. The second-order valence-corrected chi connectivity index (χ2v) is 5.51. The molecule has 1 atom stereocenters. The first-order valence-electron chi connectivity index (χ1n) is 7.78. The van der Waals surface area contributed by atoms with Crippen molar-refractivity contribution in [1.82, 2.24) is 0 Å². The molecule has 2 rings (SSSR count). The van der Waals surface area contributed by atoms with Gasteiger partial charge < -0.3 is 9.47 Å². The van der Waals surface area contributed by atoms with Gasteiger partial charge in [-0.25, -0.2) is 0 Å². The van der Waals surface area contributed by atoms with Crippen LogP contribution in [0.4, 0.5) is 0 Å². The Morgan fingerprint density at radius 3 is 2.80 bits per heavy atom. The van der Waals surface area contributed by atoms with E-state index < -0.39 is 0 Å². The van der Waals surface area contributed by atoms with Crippen molar-refractivity contribution in [2.24, 2.45) is 0 Å². The van der Waals surface area contributed by atoms with E-state index in [0.717, 1.165) is 38.9 Å². The van der Waals surface area contributed by atoms with Crippen molar-refractivity contribution in [3.05, 3.63) is 42.0 Å². The minimum Gasteiger partial charge on any atom is -0.348 e. The van der Waals surface area contributed by atoms with Gasteiger partial charge in [0.25, 0.3) is 0 Å². The highest BCUT2D eigenvalue weighted by atomic mass is 16.8. The number of epoxide rings is 1. The summed E-state index contributed by atoms with van der Waals surface area (Å²) in [5.41, 5.74) is 2.63. The Bertz CT molecular complexity index is 421. The summed E-state index contributed by atoms with van der Waals surface area (Å²) in [4.78, 5) is 0. The first kappa shape index (κ1) is 15.3. The minimum atomic E-state index is -0.213. The van der Waals surface area contributed by atoms with Gasteiger partial charge in [0.2, 0.25) is 0 Å². The molecule has 1 aliphatic rings. The Morgan fingerprint density at radius 1 is 1.30 bits per heavy atom. The van der Waals surface area contributed by atoms with Crippen LogP contribution >= 0.6 is 0 Å². The number of hydrogen-bond acceptors (Lipinski definition) is 2. The van der Waals surface area contributed by atoms with Crippen molar-refractivity contribution in [3.8, 4) is 0 Å². The average molecular weight is 274 g/mol. The summed E-state index contributed by atoms with van der Waals surface area (Å²) < 4.78 is 11.4. The Balaban J connectivity index is 1.63. The largest absolute Gasteiger partial charge is 0.348 e. The normalized spacial score (nSPS) is 20.9. The van der Waals surface area contributed by atoms with Gasteiger partial charge in [0.05, 0.1) is 6.61 Å². The van der Waals surface area contributed by atoms with E-state index >= 15 is 0 Å². The lowest BCUT2D eigenvalue weighted by Gasteiger charge is -2.12. The molecule has 0 bridgehead atoms. The molecule has 110 valence electrons. The molecule has 1 saturated heterocycles. The molecule has 1 unspecified atom stereocenters. The molecule has 2 nitrogen and oxygen atoms in total. The summed E-state index contributed by atoms with van der Waals surface area (Å²) in [7, 11) is 0. The van der Waals surface area contributed by atoms with Crippen LogP contribution in [0.5, 0.6) is 0 Å². The molecular formula is C18H26O2. The maximum atomic E-state index is 5.89. The first-order valence-corrected chi connectivity index (χ1v) is 7.78. The van der Waals surface area contributed by atoms with Crippen molar-refractivity contribution in [1.29, 1.82) is 0 Å². The van der Waals surface area contributed by atoms with Crippen LogP contribution in [-0.4, -0.2) is 19.0 Å². The maximum absolute atomic E-state index is 5.89. The molecule has 1 heterocycles. The van der Waals surface area contributed by atoms with Crippen LogP contribution < -0.4 is 0 Å². The van der Waals surface area contributed by atoms with Crippen LogP contribution in [0.2, 0.25) is 0 Å². The molecule has 0 spiro atoms. The fourth-order valence-electron chi connectivity index (χ4n) is 2.46. The van der Waals surface area contributed by atoms with E-state index in [4.69, 9.17) is 9.47 Å². The van der Waals surface area contributed by atoms with Crippen molar-refractivity contribution in [2.45, 2.75) is 51.2 Å². The highest BCUT2D eigenvalue weighted by Crippen LogP contribution is 2.34. The fraction of sp³-hybridized carbons (Fsp3) is 0.556. The zero-order chi connectivity index (χ0) is 14.3. The van der Waals surface area contributed by atoms with Gasteiger partial charge in [0.15, 0.2) is 5.79 Å². The van der Waals surface area contributed by atoms with E-state index in [1.54, 1.807) is 0 Å².